The number of carboxylic acids is 1. The minimum Gasteiger partial charge on any atom is -0.480 e. The molecule has 0 aliphatic heterocycles. The van der Waals surface area contributed by atoms with Crippen LogP contribution in [-0.2, 0) is 14.3 Å². The molecule has 2 atom stereocenters. The van der Waals surface area contributed by atoms with Gasteiger partial charge in [-0.3, -0.25) is 4.79 Å². The van der Waals surface area contributed by atoms with E-state index >= 15 is 0 Å². The first-order valence-electron chi connectivity index (χ1n) is 11.6. The number of fused-ring (bicyclic) bond motifs is 3. The number of alkyl carbamates (subject to hydrolysis) is 1. The first-order chi connectivity index (χ1) is 16.4. The Balaban J connectivity index is 1.57. The van der Waals surface area contributed by atoms with E-state index in [-0.39, 0.29) is 18.9 Å². The fourth-order valence-corrected chi connectivity index (χ4v) is 4.82. The molecule has 3 rings (SSSR count). The number of carbonyl (C=O) groups is 3. The maximum atomic E-state index is 12.6. The van der Waals surface area contributed by atoms with Gasteiger partial charge in [-0.1, -0.05) is 61.9 Å². The summed E-state index contributed by atoms with van der Waals surface area (Å²) in [6.45, 7) is 2.16. The van der Waals surface area contributed by atoms with Gasteiger partial charge in [0.1, 0.15) is 12.6 Å². The molecule has 0 saturated carbocycles. The van der Waals surface area contributed by atoms with E-state index < -0.39 is 30.1 Å². The SMILES string of the molecule is CCCC(CC(=O)NC(CCSC)C(=O)O)NC(=O)OCC1c2ccccc2-c2ccccc21. The molecule has 0 aromatic heterocycles. The van der Waals surface area contributed by atoms with Crippen LogP contribution in [0.5, 0.6) is 0 Å². The van der Waals surface area contributed by atoms with Crippen molar-refractivity contribution >= 4 is 29.7 Å². The van der Waals surface area contributed by atoms with E-state index in [0.717, 1.165) is 28.7 Å². The van der Waals surface area contributed by atoms with Crippen molar-refractivity contribution in [1.29, 1.82) is 0 Å². The Morgan fingerprint density at radius 3 is 2.18 bits per heavy atom. The molecule has 8 heteroatoms. The lowest BCUT2D eigenvalue weighted by molar-refractivity contribution is -0.141. The molecule has 0 saturated heterocycles. The standard InChI is InChI=1S/C26H32N2O5S/c1-3-8-17(15-24(29)28-23(25(30)31)13-14-34-2)27-26(32)33-16-22-20-11-6-4-9-18(20)19-10-5-7-12-21(19)22/h4-7,9-12,17,22-23H,3,8,13-16H2,1-2H3,(H,27,32)(H,28,29)(H,30,31). The molecule has 2 aromatic rings. The van der Waals surface area contributed by atoms with E-state index in [1.54, 1.807) is 0 Å². The number of amides is 2. The Kier molecular flexibility index (Phi) is 9.39. The summed E-state index contributed by atoms with van der Waals surface area (Å²) in [4.78, 5) is 36.5. The molecule has 3 N–H and O–H groups in total. The van der Waals surface area contributed by atoms with Crippen molar-refractivity contribution in [2.45, 2.75) is 50.6 Å². The molecule has 7 nitrogen and oxygen atoms in total. The van der Waals surface area contributed by atoms with Gasteiger partial charge in [0.25, 0.3) is 0 Å². The van der Waals surface area contributed by atoms with Crippen LogP contribution in [0, 0.1) is 0 Å². The third kappa shape index (κ3) is 6.53. The first kappa shape index (κ1) is 25.6. The molecule has 0 fully saturated rings. The Labute approximate surface area is 204 Å². The molecule has 1 aliphatic rings. The first-order valence-corrected chi connectivity index (χ1v) is 13.0. The minimum absolute atomic E-state index is 0.00107. The Morgan fingerprint density at radius 2 is 1.62 bits per heavy atom. The zero-order valence-electron chi connectivity index (χ0n) is 19.6. The molecule has 0 bridgehead atoms. The van der Waals surface area contributed by atoms with Crippen molar-refractivity contribution in [2.24, 2.45) is 0 Å². The third-order valence-corrected chi connectivity index (χ3v) is 6.62. The van der Waals surface area contributed by atoms with Gasteiger partial charge in [-0.15, -0.1) is 0 Å². The average Bonchev–Trinajstić information content (AvgIpc) is 3.14. The average molecular weight is 485 g/mol. The lowest BCUT2D eigenvalue weighted by atomic mass is 9.98. The highest BCUT2D eigenvalue weighted by atomic mass is 32.2. The number of hydrogen-bond acceptors (Lipinski definition) is 5. The summed E-state index contributed by atoms with van der Waals surface area (Å²) < 4.78 is 5.59. The summed E-state index contributed by atoms with van der Waals surface area (Å²) in [7, 11) is 0. The van der Waals surface area contributed by atoms with Crippen molar-refractivity contribution in [3.63, 3.8) is 0 Å². The molecule has 2 aromatic carbocycles. The predicted octanol–water partition coefficient (Wildman–Crippen LogP) is 4.41. The zero-order valence-corrected chi connectivity index (χ0v) is 20.4. The number of rotatable bonds is 12. The number of hydrogen-bond donors (Lipinski definition) is 3. The number of ether oxygens (including phenoxy) is 1. The molecule has 34 heavy (non-hydrogen) atoms. The Morgan fingerprint density at radius 1 is 1.00 bits per heavy atom. The second-order valence-corrected chi connectivity index (χ2v) is 9.39. The molecule has 0 heterocycles. The number of carboxylic acid groups (broad SMARTS) is 1. The lowest BCUT2D eigenvalue weighted by Gasteiger charge is -2.20. The summed E-state index contributed by atoms with van der Waals surface area (Å²) in [6.07, 6.45) is 3.00. The van der Waals surface area contributed by atoms with E-state index in [9.17, 15) is 19.5 Å². The van der Waals surface area contributed by atoms with Gasteiger partial charge < -0.3 is 20.5 Å². The topological polar surface area (TPSA) is 105 Å². The zero-order chi connectivity index (χ0) is 24.5. The van der Waals surface area contributed by atoms with E-state index in [0.29, 0.717) is 18.6 Å². The van der Waals surface area contributed by atoms with Crippen molar-refractivity contribution in [2.75, 3.05) is 18.6 Å². The molecule has 0 radical (unpaired) electrons. The normalized spacial score (nSPS) is 13.9. The summed E-state index contributed by atoms with van der Waals surface area (Å²) in [5.41, 5.74) is 4.57. The van der Waals surface area contributed by atoms with Crippen LogP contribution in [-0.4, -0.2) is 53.8 Å². The highest BCUT2D eigenvalue weighted by Gasteiger charge is 2.29. The van der Waals surface area contributed by atoms with Gasteiger partial charge >= 0.3 is 12.1 Å². The molecule has 182 valence electrons. The second-order valence-electron chi connectivity index (χ2n) is 8.40. The van der Waals surface area contributed by atoms with Crippen LogP contribution >= 0.6 is 11.8 Å². The number of aliphatic carboxylic acids is 1. The highest BCUT2D eigenvalue weighted by molar-refractivity contribution is 7.98. The van der Waals surface area contributed by atoms with Crippen LogP contribution in [0.25, 0.3) is 11.1 Å². The summed E-state index contributed by atoms with van der Waals surface area (Å²) in [6, 6.07) is 14.9. The van der Waals surface area contributed by atoms with Crippen molar-refractivity contribution < 1.29 is 24.2 Å². The van der Waals surface area contributed by atoms with Crippen LogP contribution in [0.1, 0.15) is 49.7 Å². The van der Waals surface area contributed by atoms with Gasteiger partial charge in [0.15, 0.2) is 0 Å². The molecule has 0 spiro atoms. The number of nitrogens with one attached hydrogen (secondary N) is 2. The van der Waals surface area contributed by atoms with Crippen LogP contribution in [0.2, 0.25) is 0 Å². The van der Waals surface area contributed by atoms with Gasteiger partial charge in [0.2, 0.25) is 5.91 Å². The minimum atomic E-state index is -1.06. The summed E-state index contributed by atoms with van der Waals surface area (Å²) in [5, 5.41) is 14.7. The highest BCUT2D eigenvalue weighted by Crippen LogP contribution is 2.44. The Hall–Kier alpha value is -3.00. The third-order valence-electron chi connectivity index (χ3n) is 5.98. The smallest absolute Gasteiger partial charge is 0.407 e. The van der Waals surface area contributed by atoms with Crippen molar-refractivity contribution in [3.05, 3.63) is 59.7 Å². The molecule has 2 amide bonds. The molecular weight excluding hydrogens is 452 g/mol. The van der Waals surface area contributed by atoms with Crippen LogP contribution in [0.4, 0.5) is 4.79 Å². The number of carbonyl (C=O) groups excluding carboxylic acids is 2. The van der Waals surface area contributed by atoms with E-state index in [4.69, 9.17) is 4.74 Å². The predicted molar refractivity (Wildman–Crippen MR) is 134 cm³/mol. The van der Waals surface area contributed by atoms with E-state index in [1.165, 1.54) is 11.8 Å². The van der Waals surface area contributed by atoms with Crippen molar-refractivity contribution in [1.82, 2.24) is 10.6 Å². The fourth-order valence-electron chi connectivity index (χ4n) is 4.35. The van der Waals surface area contributed by atoms with Gasteiger partial charge in [-0.25, -0.2) is 9.59 Å². The van der Waals surface area contributed by atoms with Gasteiger partial charge in [-0.2, -0.15) is 11.8 Å². The van der Waals surface area contributed by atoms with Crippen molar-refractivity contribution in [3.8, 4) is 11.1 Å². The number of thioether (sulfide) groups is 1. The van der Waals surface area contributed by atoms with E-state index in [2.05, 4.69) is 34.9 Å². The second kappa shape index (κ2) is 12.5. The van der Waals surface area contributed by atoms with Gasteiger partial charge in [0, 0.05) is 18.4 Å². The maximum absolute atomic E-state index is 12.6. The molecular formula is C26H32N2O5S. The van der Waals surface area contributed by atoms with Gasteiger partial charge in [0.05, 0.1) is 0 Å². The van der Waals surface area contributed by atoms with Crippen LogP contribution in [0.15, 0.2) is 48.5 Å². The maximum Gasteiger partial charge on any atom is 0.407 e. The fraction of sp³-hybridized carbons (Fsp3) is 0.423. The summed E-state index contributed by atoms with van der Waals surface area (Å²) in [5.74, 6) is -0.864. The summed E-state index contributed by atoms with van der Waals surface area (Å²) >= 11 is 1.52. The van der Waals surface area contributed by atoms with Crippen LogP contribution in [0.3, 0.4) is 0 Å². The largest absolute Gasteiger partial charge is 0.480 e. The van der Waals surface area contributed by atoms with Gasteiger partial charge in [-0.05, 0) is 47.1 Å². The molecule has 2 unspecified atom stereocenters. The monoisotopic (exact) mass is 484 g/mol. The van der Waals surface area contributed by atoms with E-state index in [1.807, 2.05) is 37.4 Å². The van der Waals surface area contributed by atoms with Crippen LogP contribution < -0.4 is 10.6 Å². The molecule has 1 aliphatic carbocycles. The lowest BCUT2D eigenvalue weighted by Crippen LogP contribution is -2.45. The quantitative estimate of drug-likeness (QED) is 0.412. The Bertz CT molecular complexity index is 967. The number of benzene rings is 2.